The molecule has 0 unspecified atom stereocenters. The van der Waals surface area contributed by atoms with E-state index in [-0.39, 0.29) is 5.97 Å². The fraction of sp³-hybridized carbons (Fsp3) is 0.286. The van der Waals surface area contributed by atoms with E-state index in [1.165, 1.54) is 0 Å². The molecule has 1 heterocycles. The van der Waals surface area contributed by atoms with Gasteiger partial charge in [0.05, 0.1) is 5.56 Å². The Morgan fingerprint density at radius 3 is 2.67 bits per heavy atom. The molecule has 0 saturated carbocycles. The smallest absolute Gasteiger partial charge is 0.340 e. The molecular formula is C14H15NO3. The van der Waals surface area contributed by atoms with Crippen LogP contribution < -0.4 is 0 Å². The van der Waals surface area contributed by atoms with Gasteiger partial charge < -0.3 is 9.72 Å². The van der Waals surface area contributed by atoms with Crippen LogP contribution in [0.15, 0.2) is 24.4 Å². The molecule has 0 aliphatic rings. The SMILES string of the molecule is CC(C)(C)OC(=O)c1c[nH]c2cc(C=O)ccc12. The van der Waals surface area contributed by atoms with E-state index < -0.39 is 5.60 Å². The summed E-state index contributed by atoms with van der Waals surface area (Å²) >= 11 is 0. The highest BCUT2D eigenvalue weighted by molar-refractivity contribution is 6.05. The van der Waals surface area contributed by atoms with Crippen molar-refractivity contribution in [3.63, 3.8) is 0 Å². The van der Waals surface area contributed by atoms with Crippen LogP contribution in [0.5, 0.6) is 0 Å². The van der Waals surface area contributed by atoms with E-state index in [0.29, 0.717) is 11.1 Å². The number of hydrogen-bond donors (Lipinski definition) is 1. The lowest BCUT2D eigenvalue weighted by Gasteiger charge is -2.19. The maximum absolute atomic E-state index is 12.0. The highest BCUT2D eigenvalue weighted by atomic mass is 16.6. The van der Waals surface area contributed by atoms with Gasteiger partial charge in [0.25, 0.3) is 0 Å². The maximum atomic E-state index is 12.0. The monoisotopic (exact) mass is 245 g/mol. The first-order chi connectivity index (χ1) is 8.40. The number of aromatic amines is 1. The predicted molar refractivity (Wildman–Crippen MR) is 68.9 cm³/mol. The van der Waals surface area contributed by atoms with E-state index in [1.54, 1.807) is 24.4 Å². The lowest BCUT2D eigenvalue weighted by Crippen LogP contribution is -2.23. The molecule has 0 saturated heterocycles. The van der Waals surface area contributed by atoms with Crippen LogP contribution in [-0.2, 0) is 4.74 Å². The third-order valence-corrected chi connectivity index (χ3v) is 2.46. The Balaban J connectivity index is 2.41. The van der Waals surface area contributed by atoms with Crippen LogP contribution in [0.4, 0.5) is 0 Å². The van der Waals surface area contributed by atoms with Crippen molar-refractivity contribution in [1.82, 2.24) is 4.98 Å². The van der Waals surface area contributed by atoms with Crippen molar-refractivity contribution in [3.8, 4) is 0 Å². The van der Waals surface area contributed by atoms with Crippen LogP contribution in [0.2, 0.25) is 0 Å². The lowest BCUT2D eigenvalue weighted by atomic mass is 10.1. The Morgan fingerprint density at radius 2 is 2.06 bits per heavy atom. The molecule has 4 heteroatoms. The van der Waals surface area contributed by atoms with Crippen molar-refractivity contribution in [2.75, 3.05) is 0 Å². The van der Waals surface area contributed by atoms with Crippen LogP contribution in [-0.4, -0.2) is 22.8 Å². The fourth-order valence-electron chi connectivity index (χ4n) is 1.72. The van der Waals surface area contributed by atoms with Crippen molar-refractivity contribution >= 4 is 23.2 Å². The second-order valence-corrected chi connectivity index (χ2v) is 5.13. The minimum Gasteiger partial charge on any atom is -0.456 e. The number of carbonyl (C=O) groups is 2. The van der Waals surface area contributed by atoms with Crippen LogP contribution in [0.1, 0.15) is 41.5 Å². The number of rotatable bonds is 2. The number of benzene rings is 1. The highest BCUT2D eigenvalue weighted by Gasteiger charge is 2.20. The van der Waals surface area contributed by atoms with Gasteiger partial charge in [-0.05, 0) is 26.8 Å². The van der Waals surface area contributed by atoms with E-state index in [0.717, 1.165) is 17.2 Å². The molecule has 0 aliphatic carbocycles. The van der Waals surface area contributed by atoms with E-state index >= 15 is 0 Å². The van der Waals surface area contributed by atoms with Crippen LogP contribution in [0.3, 0.4) is 0 Å². The van der Waals surface area contributed by atoms with Gasteiger partial charge in [-0.25, -0.2) is 4.79 Å². The number of nitrogens with one attached hydrogen (secondary N) is 1. The fourth-order valence-corrected chi connectivity index (χ4v) is 1.72. The zero-order valence-corrected chi connectivity index (χ0v) is 10.6. The van der Waals surface area contributed by atoms with E-state index in [9.17, 15) is 9.59 Å². The lowest BCUT2D eigenvalue weighted by molar-refractivity contribution is 0.00718. The minimum absolute atomic E-state index is 0.368. The summed E-state index contributed by atoms with van der Waals surface area (Å²) in [5, 5.41) is 0.759. The molecule has 1 aromatic heterocycles. The largest absolute Gasteiger partial charge is 0.456 e. The molecule has 18 heavy (non-hydrogen) atoms. The predicted octanol–water partition coefficient (Wildman–Crippen LogP) is 2.94. The van der Waals surface area contributed by atoms with Crippen LogP contribution in [0.25, 0.3) is 10.9 Å². The molecule has 0 bridgehead atoms. The third kappa shape index (κ3) is 2.42. The second-order valence-electron chi connectivity index (χ2n) is 5.13. The van der Waals surface area contributed by atoms with Crippen molar-refractivity contribution in [2.45, 2.75) is 26.4 Å². The number of fused-ring (bicyclic) bond motifs is 1. The van der Waals surface area contributed by atoms with Crippen molar-refractivity contribution in [3.05, 3.63) is 35.5 Å². The van der Waals surface area contributed by atoms with Crippen LogP contribution in [0, 0.1) is 0 Å². The first kappa shape index (κ1) is 12.4. The van der Waals surface area contributed by atoms with Gasteiger partial charge in [0, 0.05) is 22.7 Å². The maximum Gasteiger partial charge on any atom is 0.340 e. The number of H-pyrrole nitrogens is 1. The number of ether oxygens (including phenoxy) is 1. The number of carbonyl (C=O) groups excluding carboxylic acids is 2. The molecule has 0 spiro atoms. The quantitative estimate of drug-likeness (QED) is 0.653. The average Bonchev–Trinajstić information content (AvgIpc) is 2.69. The Labute approximate surface area is 105 Å². The summed E-state index contributed by atoms with van der Waals surface area (Å²) in [7, 11) is 0. The number of aldehydes is 1. The van der Waals surface area contributed by atoms with Gasteiger partial charge in [-0.15, -0.1) is 0 Å². The molecule has 2 rings (SSSR count). The Hall–Kier alpha value is -2.10. The summed E-state index contributed by atoms with van der Waals surface area (Å²) in [6.07, 6.45) is 2.38. The molecule has 2 aromatic rings. The summed E-state index contributed by atoms with van der Waals surface area (Å²) in [4.78, 5) is 25.6. The molecule has 0 radical (unpaired) electrons. The average molecular weight is 245 g/mol. The van der Waals surface area contributed by atoms with Gasteiger partial charge in [0.1, 0.15) is 11.9 Å². The normalized spacial score (nSPS) is 11.5. The minimum atomic E-state index is -0.524. The molecule has 94 valence electrons. The third-order valence-electron chi connectivity index (χ3n) is 2.46. The Morgan fingerprint density at radius 1 is 1.33 bits per heavy atom. The van der Waals surface area contributed by atoms with Crippen molar-refractivity contribution in [2.24, 2.45) is 0 Å². The first-order valence-electron chi connectivity index (χ1n) is 5.70. The van der Waals surface area contributed by atoms with E-state index in [4.69, 9.17) is 4.74 Å². The molecule has 4 nitrogen and oxygen atoms in total. The molecule has 0 fully saturated rings. The van der Waals surface area contributed by atoms with E-state index in [1.807, 2.05) is 20.8 Å². The molecular weight excluding hydrogens is 230 g/mol. The summed E-state index contributed by atoms with van der Waals surface area (Å²) < 4.78 is 5.32. The number of esters is 1. The summed E-state index contributed by atoms with van der Waals surface area (Å²) in [5.74, 6) is -0.368. The summed E-state index contributed by atoms with van der Waals surface area (Å²) in [6, 6.07) is 5.13. The number of hydrogen-bond acceptors (Lipinski definition) is 3. The van der Waals surface area contributed by atoms with Crippen LogP contribution >= 0.6 is 0 Å². The van der Waals surface area contributed by atoms with Gasteiger partial charge in [0.2, 0.25) is 0 Å². The van der Waals surface area contributed by atoms with Crippen molar-refractivity contribution in [1.29, 1.82) is 0 Å². The molecule has 1 N–H and O–H groups in total. The molecule has 1 aromatic carbocycles. The standard InChI is InChI=1S/C14H15NO3/c1-14(2,3)18-13(17)11-7-15-12-6-9(8-16)4-5-10(11)12/h4-8,15H,1-3H3. The second kappa shape index (κ2) is 4.29. The van der Waals surface area contributed by atoms with Gasteiger partial charge in [-0.1, -0.05) is 12.1 Å². The van der Waals surface area contributed by atoms with Gasteiger partial charge in [-0.2, -0.15) is 0 Å². The van der Waals surface area contributed by atoms with Gasteiger partial charge in [-0.3, -0.25) is 4.79 Å². The van der Waals surface area contributed by atoms with Crippen molar-refractivity contribution < 1.29 is 14.3 Å². The number of aromatic nitrogens is 1. The van der Waals surface area contributed by atoms with Gasteiger partial charge >= 0.3 is 5.97 Å². The zero-order valence-electron chi connectivity index (χ0n) is 10.6. The highest BCUT2D eigenvalue weighted by Crippen LogP contribution is 2.21. The summed E-state index contributed by atoms with van der Waals surface area (Å²) in [5.41, 5.74) is 1.28. The Bertz CT molecular complexity index is 605. The Kier molecular flexibility index (Phi) is 2.95. The molecule has 0 aliphatic heterocycles. The molecule has 0 amide bonds. The van der Waals surface area contributed by atoms with Gasteiger partial charge in [0.15, 0.2) is 0 Å². The molecule has 0 atom stereocenters. The topological polar surface area (TPSA) is 59.2 Å². The summed E-state index contributed by atoms with van der Waals surface area (Å²) in [6.45, 7) is 5.47. The first-order valence-corrected chi connectivity index (χ1v) is 5.70. The van der Waals surface area contributed by atoms with E-state index in [2.05, 4.69) is 4.98 Å². The zero-order chi connectivity index (χ0) is 13.3.